The second-order valence-electron chi connectivity index (χ2n) is 7.76. The molecular formula is C17H16N6O16. The first-order valence-electron chi connectivity index (χ1n) is 9.47. The van der Waals surface area contributed by atoms with E-state index in [1.54, 1.807) is 20.8 Å². The summed E-state index contributed by atoms with van der Waals surface area (Å²) >= 11 is 0. The molecule has 0 saturated carbocycles. The van der Waals surface area contributed by atoms with Crippen LogP contribution in [0.25, 0.3) is 0 Å². The van der Waals surface area contributed by atoms with Crippen molar-refractivity contribution in [3.63, 3.8) is 0 Å². The number of hydrogen-bond donors (Lipinski definition) is 3. The van der Waals surface area contributed by atoms with E-state index in [0.29, 0.717) is 24.3 Å². The third-order valence-electron chi connectivity index (χ3n) is 3.96. The van der Waals surface area contributed by atoms with E-state index in [0.717, 1.165) is 0 Å². The lowest BCUT2D eigenvalue weighted by molar-refractivity contribution is -0.404. The first-order chi connectivity index (χ1) is 17.6. The summed E-state index contributed by atoms with van der Waals surface area (Å²) in [7, 11) is 0. The van der Waals surface area contributed by atoms with Crippen LogP contribution in [-0.2, 0) is 4.79 Å². The highest BCUT2D eigenvalue weighted by Crippen LogP contribution is 2.40. The Kier molecular flexibility index (Phi) is 10.8. The number of nitro benzene ring substituents is 6. The summed E-state index contributed by atoms with van der Waals surface area (Å²) in [5, 5.41) is 88.7. The van der Waals surface area contributed by atoms with Crippen molar-refractivity contribution < 1.29 is 49.7 Å². The maximum Gasteiger partial charge on any atom is 0.324 e. The number of phenolic OH excluding ortho intramolecular Hbond substituents is 2. The molecule has 0 fully saturated rings. The third-order valence-corrected chi connectivity index (χ3v) is 3.96. The number of non-ortho nitro benzene ring substituents is 2. The molecule has 22 nitrogen and oxygen atoms in total. The standard InChI is InChI=1S/2C6H3N3O7.C5H10O2/c2*10-6-4(8(13)14)1-3(7(11)12)2-5(6)9(15)16;1-5(2,3)4(6)7/h2*1-2,10H;1-3H3,(H,6,7). The number of carboxylic acid groups (broad SMARTS) is 1. The Balaban J connectivity index is 0.000000600. The number of aliphatic carboxylic acids is 1. The van der Waals surface area contributed by atoms with E-state index in [4.69, 9.17) is 15.3 Å². The van der Waals surface area contributed by atoms with Crippen LogP contribution in [0.2, 0.25) is 0 Å². The van der Waals surface area contributed by atoms with Crippen LogP contribution in [0.3, 0.4) is 0 Å². The van der Waals surface area contributed by atoms with Crippen LogP contribution in [-0.4, -0.2) is 50.8 Å². The van der Waals surface area contributed by atoms with Crippen molar-refractivity contribution in [1.29, 1.82) is 0 Å². The summed E-state index contributed by atoms with van der Waals surface area (Å²) in [6.45, 7) is 4.99. The average Bonchev–Trinajstić information content (AvgIpc) is 2.78. The van der Waals surface area contributed by atoms with Crippen molar-refractivity contribution in [2.24, 2.45) is 5.41 Å². The smallest absolute Gasteiger partial charge is 0.324 e. The molecule has 210 valence electrons. The van der Waals surface area contributed by atoms with Crippen molar-refractivity contribution in [1.82, 2.24) is 0 Å². The molecular weight excluding hydrogens is 544 g/mol. The maximum atomic E-state index is 10.4. The second kappa shape index (κ2) is 12.7. The molecule has 0 spiro atoms. The van der Waals surface area contributed by atoms with Crippen molar-refractivity contribution in [3.8, 4) is 11.5 Å². The molecule has 0 radical (unpaired) electrons. The van der Waals surface area contributed by atoms with Gasteiger partial charge in [0, 0.05) is 0 Å². The largest absolute Gasteiger partial charge is 0.497 e. The molecule has 0 aliphatic carbocycles. The van der Waals surface area contributed by atoms with Gasteiger partial charge in [-0.15, -0.1) is 0 Å². The second-order valence-corrected chi connectivity index (χ2v) is 7.76. The minimum Gasteiger partial charge on any atom is -0.497 e. The molecule has 2 rings (SSSR count). The first kappa shape index (κ1) is 32.9. The zero-order valence-corrected chi connectivity index (χ0v) is 19.6. The van der Waals surface area contributed by atoms with E-state index in [1.807, 2.05) is 0 Å². The number of carbonyl (C=O) groups is 1. The summed E-state index contributed by atoms with van der Waals surface area (Å²) in [6.07, 6.45) is 0. The molecule has 0 aliphatic rings. The van der Waals surface area contributed by atoms with E-state index < -0.39 is 86.5 Å². The van der Waals surface area contributed by atoms with Gasteiger partial charge in [0.25, 0.3) is 22.9 Å². The highest BCUT2D eigenvalue weighted by Gasteiger charge is 2.31. The summed E-state index contributed by atoms with van der Waals surface area (Å²) < 4.78 is 0. The first-order valence-corrected chi connectivity index (χ1v) is 9.47. The van der Waals surface area contributed by atoms with E-state index in [1.165, 1.54) is 0 Å². The molecule has 0 atom stereocenters. The number of rotatable bonds is 6. The Morgan fingerprint density at radius 1 is 0.564 bits per heavy atom. The molecule has 0 amide bonds. The molecule has 2 aromatic rings. The van der Waals surface area contributed by atoms with Gasteiger partial charge in [-0.05, 0) is 20.8 Å². The minimum absolute atomic E-state index is 0.447. The van der Waals surface area contributed by atoms with Gasteiger partial charge in [-0.1, -0.05) is 0 Å². The molecule has 0 heterocycles. The van der Waals surface area contributed by atoms with E-state index >= 15 is 0 Å². The molecule has 22 heteroatoms. The number of nitrogens with zero attached hydrogens (tertiary/aromatic N) is 6. The SMILES string of the molecule is CC(C)(C)C(=O)O.O=[N+]([O-])c1cc([N+](=O)[O-])c(O)c([N+](=O)[O-])c1.O=[N+]([O-])c1cc([N+](=O)[O-])c(O)c([N+](=O)[O-])c1. The highest BCUT2D eigenvalue weighted by molar-refractivity contribution is 5.72. The molecule has 0 unspecified atom stereocenters. The van der Waals surface area contributed by atoms with Gasteiger partial charge in [-0.2, -0.15) is 0 Å². The maximum absolute atomic E-state index is 10.4. The Hall–Kier alpha value is -6.09. The number of phenols is 2. The van der Waals surface area contributed by atoms with Gasteiger partial charge in [0.05, 0.1) is 59.2 Å². The molecule has 39 heavy (non-hydrogen) atoms. The highest BCUT2D eigenvalue weighted by atomic mass is 16.7. The molecule has 0 bridgehead atoms. The Bertz CT molecular complexity index is 1200. The van der Waals surface area contributed by atoms with Crippen molar-refractivity contribution in [3.05, 3.63) is 85.0 Å². The number of nitro groups is 6. The van der Waals surface area contributed by atoms with Gasteiger partial charge in [0.1, 0.15) is 0 Å². The number of hydrogen-bond acceptors (Lipinski definition) is 15. The van der Waals surface area contributed by atoms with Crippen LogP contribution in [0.5, 0.6) is 11.5 Å². The topological polar surface area (TPSA) is 337 Å². The number of carboxylic acids is 1. The molecule has 3 N–H and O–H groups in total. The predicted molar refractivity (Wildman–Crippen MR) is 123 cm³/mol. The number of aromatic hydroxyl groups is 2. The lowest BCUT2D eigenvalue weighted by Gasteiger charge is -2.08. The zero-order valence-electron chi connectivity index (χ0n) is 19.6. The normalized spacial score (nSPS) is 10.0. The van der Waals surface area contributed by atoms with Crippen LogP contribution in [0, 0.1) is 66.1 Å². The Morgan fingerprint density at radius 2 is 0.744 bits per heavy atom. The van der Waals surface area contributed by atoms with Crippen LogP contribution < -0.4 is 0 Å². The average molecular weight is 560 g/mol. The van der Waals surface area contributed by atoms with Crippen LogP contribution in [0.1, 0.15) is 20.8 Å². The van der Waals surface area contributed by atoms with E-state index in [9.17, 15) is 65.5 Å². The molecule has 0 aliphatic heterocycles. The quantitative estimate of drug-likeness (QED) is 0.336. The van der Waals surface area contributed by atoms with Crippen molar-refractivity contribution >= 4 is 40.1 Å². The van der Waals surface area contributed by atoms with Gasteiger partial charge < -0.3 is 15.3 Å². The van der Waals surface area contributed by atoms with Crippen LogP contribution in [0.15, 0.2) is 24.3 Å². The van der Waals surface area contributed by atoms with Crippen LogP contribution >= 0.6 is 0 Å². The predicted octanol–water partition coefficient (Wildman–Crippen LogP) is 3.35. The minimum atomic E-state index is -1.21. The Morgan fingerprint density at radius 3 is 0.846 bits per heavy atom. The summed E-state index contributed by atoms with van der Waals surface area (Å²) in [4.78, 5) is 65.6. The van der Waals surface area contributed by atoms with Crippen LogP contribution in [0.4, 0.5) is 34.1 Å². The summed E-state index contributed by atoms with van der Waals surface area (Å²) in [5.74, 6) is -3.17. The molecule has 0 saturated heterocycles. The monoisotopic (exact) mass is 560 g/mol. The van der Waals surface area contributed by atoms with Gasteiger partial charge in [-0.3, -0.25) is 65.5 Å². The van der Waals surface area contributed by atoms with Gasteiger partial charge >= 0.3 is 28.7 Å². The van der Waals surface area contributed by atoms with E-state index in [-0.39, 0.29) is 0 Å². The lowest BCUT2D eigenvalue weighted by atomic mass is 9.98. The van der Waals surface area contributed by atoms with Crippen molar-refractivity contribution in [2.75, 3.05) is 0 Å². The van der Waals surface area contributed by atoms with E-state index in [2.05, 4.69) is 0 Å². The Labute approximate surface area is 213 Å². The van der Waals surface area contributed by atoms with Gasteiger partial charge in [0.15, 0.2) is 0 Å². The fourth-order valence-electron chi connectivity index (χ4n) is 1.95. The zero-order chi connectivity index (χ0) is 31.0. The number of benzene rings is 2. The molecule has 2 aromatic carbocycles. The molecule has 0 aromatic heterocycles. The fraction of sp³-hybridized carbons (Fsp3) is 0.235. The van der Waals surface area contributed by atoms with Gasteiger partial charge in [0.2, 0.25) is 0 Å². The third kappa shape index (κ3) is 9.13. The lowest BCUT2D eigenvalue weighted by Crippen LogP contribution is -2.18. The fourth-order valence-corrected chi connectivity index (χ4v) is 1.95. The van der Waals surface area contributed by atoms with Gasteiger partial charge in [-0.25, -0.2) is 0 Å². The summed E-state index contributed by atoms with van der Waals surface area (Å²) in [6, 6.07) is 1.79. The van der Waals surface area contributed by atoms with Crippen molar-refractivity contribution in [2.45, 2.75) is 20.8 Å². The summed E-state index contributed by atoms with van der Waals surface area (Å²) in [5.41, 5.74) is -6.59.